The maximum Gasteiger partial charge on any atom is 0.142 e. The molecular formula is C15H14ClFO. The van der Waals surface area contributed by atoms with E-state index in [1.165, 1.54) is 12.1 Å². The van der Waals surface area contributed by atoms with Crippen LogP contribution in [-0.4, -0.2) is 5.11 Å². The van der Waals surface area contributed by atoms with Gasteiger partial charge in [-0.1, -0.05) is 41.4 Å². The van der Waals surface area contributed by atoms with Crippen LogP contribution in [0.3, 0.4) is 0 Å². The van der Waals surface area contributed by atoms with E-state index in [0.717, 1.165) is 16.7 Å². The van der Waals surface area contributed by atoms with Crippen LogP contribution >= 0.6 is 11.6 Å². The number of aliphatic hydroxyl groups is 1. The number of halogens is 2. The SMILES string of the molecule is Cc1ccc(C(O)c2ccc(Cl)c(F)c2)c(C)c1. The van der Waals surface area contributed by atoms with E-state index >= 15 is 0 Å². The van der Waals surface area contributed by atoms with Gasteiger partial charge in [0.05, 0.1) is 5.02 Å². The quantitative estimate of drug-likeness (QED) is 0.863. The van der Waals surface area contributed by atoms with E-state index in [1.807, 2.05) is 32.0 Å². The molecule has 0 aliphatic rings. The van der Waals surface area contributed by atoms with Gasteiger partial charge in [-0.05, 0) is 42.7 Å². The van der Waals surface area contributed by atoms with Gasteiger partial charge in [-0.15, -0.1) is 0 Å². The van der Waals surface area contributed by atoms with E-state index in [9.17, 15) is 9.50 Å². The number of hydrogen-bond donors (Lipinski definition) is 1. The van der Waals surface area contributed by atoms with Crippen molar-refractivity contribution in [2.24, 2.45) is 0 Å². The van der Waals surface area contributed by atoms with E-state index in [4.69, 9.17) is 11.6 Å². The molecular weight excluding hydrogens is 251 g/mol. The third-order valence-electron chi connectivity index (χ3n) is 2.98. The highest BCUT2D eigenvalue weighted by atomic mass is 35.5. The first-order valence-corrected chi connectivity index (χ1v) is 6.07. The molecule has 0 amide bonds. The fraction of sp³-hybridized carbons (Fsp3) is 0.200. The summed E-state index contributed by atoms with van der Waals surface area (Å²) in [4.78, 5) is 0. The fourth-order valence-electron chi connectivity index (χ4n) is 1.99. The van der Waals surface area contributed by atoms with Crippen LogP contribution in [0, 0.1) is 19.7 Å². The highest BCUT2D eigenvalue weighted by molar-refractivity contribution is 6.30. The third-order valence-corrected chi connectivity index (χ3v) is 3.29. The number of benzene rings is 2. The Kier molecular flexibility index (Phi) is 3.69. The largest absolute Gasteiger partial charge is 0.384 e. The summed E-state index contributed by atoms with van der Waals surface area (Å²) in [5.41, 5.74) is 3.40. The lowest BCUT2D eigenvalue weighted by Crippen LogP contribution is -2.02. The molecule has 1 unspecified atom stereocenters. The maximum atomic E-state index is 13.4. The summed E-state index contributed by atoms with van der Waals surface area (Å²) in [6, 6.07) is 10.1. The molecule has 0 saturated heterocycles. The standard InChI is InChI=1S/C15H14ClFO/c1-9-3-5-12(10(2)7-9)15(18)11-4-6-13(16)14(17)8-11/h3-8,15,18H,1-2H3. The van der Waals surface area contributed by atoms with Gasteiger partial charge in [0.1, 0.15) is 11.9 Å². The predicted octanol–water partition coefficient (Wildman–Crippen LogP) is 4.18. The van der Waals surface area contributed by atoms with Gasteiger partial charge in [-0.25, -0.2) is 4.39 Å². The summed E-state index contributed by atoms with van der Waals surface area (Å²) in [5.74, 6) is -0.516. The van der Waals surface area contributed by atoms with Gasteiger partial charge < -0.3 is 5.11 Å². The Hall–Kier alpha value is -1.38. The fourth-order valence-corrected chi connectivity index (χ4v) is 2.11. The Balaban J connectivity index is 2.41. The maximum absolute atomic E-state index is 13.4. The molecule has 0 aliphatic carbocycles. The Labute approximate surface area is 111 Å². The second-order valence-electron chi connectivity index (χ2n) is 4.44. The van der Waals surface area contributed by atoms with Gasteiger partial charge in [0.2, 0.25) is 0 Å². The van der Waals surface area contributed by atoms with Crippen molar-refractivity contribution in [2.45, 2.75) is 20.0 Å². The lowest BCUT2D eigenvalue weighted by Gasteiger charge is -2.15. The summed E-state index contributed by atoms with van der Waals surface area (Å²) in [5, 5.41) is 10.3. The minimum absolute atomic E-state index is 0.0616. The zero-order valence-corrected chi connectivity index (χ0v) is 11.0. The normalized spacial score (nSPS) is 12.5. The zero-order valence-electron chi connectivity index (χ0n) is 10.2. The van der Waals surface area contributed by atoms with E-state index in [-0.39, 0.29) is 5.02 Å². The monoisotopic (exact) mass is 264 g/mol. The molecule has 2 aromatic carbocycles. The summed E-state index contributed by atoms with van der Waals surface area (Å²) in [6.07, 6.45) is -0.836. The summed E-state index contributed by atoms with van der Waals surface area (Å²) >= 11 is 5.63. The third kappa shape index (κ3) is 2.55. The number of rotatable bonds is 2. The van der Waals surface area contributed by atoms with Crippen molar-refractivity contribution in [3.05, 3.63) is 69.5 Å². The van der Waals surface area contributed by atoms with Crippen molar-refractivity contribution in [3.8, 4) is 0 Å². The van der Waals surface area contributed by atoms with Gasteiger partial charge in [-0.3, -0.25) is 0 Å². The van der Waals surface area contributed by atoms with Crippen molar-refractivity contribution in [3.63, 3.8) is 0 Å². The van der Waals surface area contributed by atoms with Crippen LogP contribution in [0.25, 0.3) is 0 Å². The van der Waals surface area contributed by atoms with Crippen LogP contribution in [0.2, 0.25) is 5.02 Å². The Bertz CT molecular complexity index is 581. The molecule has 2 aromatic rings. The van der Waals surface area contributed by atoms with E-state index < -0.39 is 11.9 Å². The molecule has 0 radical (unpaired) electrons. The molecule has 1 nitrogen and oxygen atoms in total. The number of hydrogen-bond acceptors (Lipinski definition) is 1. The average Bonchev–Trinajstić information content (AvgIpc) is 2.32. The molecule has 2 rings (SSSR count). The summed E-state index contributed by atoms with van der Waals surface area (Å²) < 4.78 is 13.4. The van der Waals surface area contributed by atoms with Gasteiger partial charge in [0.25, 0.3) is 0 Å². The molecule has 0 saturated carbocycles. The predicted molar refractivity (Wildman–Crippen MR) is 71.4 cm³/mol. The molecule has 0 spiro atoms. The highest BCUT2D eigenvalue weighted by Crippen LogP contribution is 2.27. The van der Waals surface area contributed by atoms with Gasteiger partial charge in [0, 0.05) is 0 Å². The smallest absolute Gasteiger partial charge is 0.142 e. The molecule has 3 heteroatoms. The minimum atomic E-state index is -0.836. The van der Waals surface area contributed by atoms with Gasteiger partial charge in [-0.2, -0.15) is 0 Å². The molecule has 0 heterocycles. The van der Waals surface area contributed by atoms with Crippen molar-refractivity contribution in [1.82, 2.24) is 0 Å². The molecule has 1 N–H and O–H groups in total. The molecule has 0 aliphatic heterocycles. The number of aliphatic hydroxyl groups excluding tert-OH is 1. The summed E-state index contributed by atoms with van der Waals surface area (Å²) in [7, 11) is 0. The van der Waals surface area contributed by atoms with Crippen LogP contribution in [0.4, 0.5) is 4.39 Å². The Morgan fingerprint density at radius 1 is 1.11 bits per heavy atom. The van der Waals surface area contributed by atoms with Crippen molar-refractivity contribution in [1.29, 1.82) is 0 Å². The zero-order chi connectivity index (χ0) is 13.3. The van der Waals surface area contributed by atoms with Gasteiger partial charge in [0.15, 0.2) is 0 Å². The molecule has 18 heavy (non-hydrogen) atoms. The molecule has 0 fully saturated rings. The van der Waals surface area contributed by atoms with Crippen molar-refractivity contribution >= 4 is 11.6 Å². The Morgan fingerprint density at radius 3 is 2.44 bits per heavy atom. The minimum Gasteiger partial charge on any atom is -0.384 e. The molecule has 0 bridgehead atoms. The molecule has 1 atom stereocenters. The van der Waals surface area contributed by atoms with E-state index in [0.29, 0.717) is 5.56 Å². The van der Waals surface area contributed by atoms with Crippen LogP contribution < -0.4 is 0 Å². The van der Waals surface area contributed by atoms with Crippen LogP contribution in [-0.2, 0) is 0 Å². The Morgan fingerprint density at radius 2 is 1.83 bits per heavy atom. The van der Waals surface area contributed by atoms with E-state index in [2.05, 4.69) is 0 Å². The first-order valence-electron chi connectivity index (χ1n) is 5.69. The van der Waals surface area contributed by atoms with Crippen molar-refractivity contribution < 1.29 is 9.50 Å². The van der Waals surface area contributed by atoms with Crippen molar-refractivity contribution in [2.75, 3.05) is 0 Å². The van der Waals surface area contributed by atoms with Crippen LogP contribution in [0.15, 0.2) is 36.4 Å². The lowest BCUT2D eigenvalue weighted by atomic mass is 9.96. The lowest BCUT2D eigenvalue weighted by molar-refractivity contribution is 0.219. The van der Waals surface area contributed by atoms with Crippen LogP contribution in [0.5, 0.6) is 0 Å². The molecule has 0 aromatic heterocycles. The summed E-state index contributed by atoms with van der Waals surface area (Å²) in [6.45, 7) is 3.92. The molecule has 94 valence electrons. The second kappa shape index (κ2) is 5.09. The van der Waals surface area contributed by atoms with E-state index in [1.54, 1.807) is 6.07 Å². The van der Waals surface area contributed by atoms with Crippen LogP contribution in [0.1, 0.15) is 28.4 Å². The highest BCUT2D eigenvalue weighted by Gasteiger charge is 2.14. The van der Waals surface area contributed by atoms with Gasteiger partial charge >= 0.3 is 0 Å². The number of aryl methyl sites for hydroxylation is 2. The first kappa shape index (κ1) is 13.1. The topological polar surface area (TPSA) is 20.2 Å². The first-order chi connectivity index (χ1) is 8.49. The second-order valence-corrected chi connectivity index (χ2v) is 4.84. The average molecular weight is 265 g/mol.